The first kappa shape index (κ1) is 13.8. The number of aromatic nitrogens is 1. The van der Waals surface area contributed by atoms with Crippen LogP contribution in [0.2, 0.25) is 5.02 Å². The topological polar surface area (TPSA) is 24.9 Å². The maximum Gasteiger partial charge on any atom is 0.131 e. The molecule has 21 heavy (non-hydrogen) atoms. The van der Waals surface area contributed by atoms with Gasteiger partial charge in [0.1, 0.15) is 11.6 Å². The third-order valence-corrected chi connectivity index (χ3v) is 3.41. The average molecular weight is 305 g/mol. The summed E-state index contributed by atoms with van der Waals surface area (Å²) in [7, 11) is 0. The molecule has 5 heteroatoms. The molecule has 0 radical (unpaired) electrons. The number of benzene rings is 2. The standard InChI is InChI=1S/C16H11ClF2N2/c17-11-7-10-3-2-6-20-16(10)15(8-11)21-9-12-13(18)4-1-5-14(12)19/h1-8,21H,9H2. The van der Waals surface area contributed by atoms with Crippen molar-refractivity contribution in [2.45, 2.75) is 6.54 Å². The Hall–Kier alpha value is -2.20. The molecule has 0 unspecified atom stereocenters. The molecule has 0 amide bonds. The summed E-state index contributed by atoms with van der Waals surface area (Å²) in [6, 6.07) is 11.0. The zero-order chi connectivity index (χ0) is 14.8. The molecule has 1 heterocycles. The summed E-state index contributed by atoms with van der Waals surface area (Å²) in [4.78, 5) is 4.27. The summed E-state index contributed by atoms with van der Waals surface area (Å²) in [5, 5.41) is 4.40. The van der Waals surface area contributed by atoms with Gasteiger partial charge in [0.25, 0.3) is 0 Å². The van der Waals surface area contributed by atoms with Crippen molar-refractivity contribution in [1.82, 2.24) is 4.98 Å². The van der Waals surface area contributed by atoms with E-state index in [0.717, 1.165) is 5.39 Å². The van der Waals surface area contributed by atoms with E-state index in [9.17, 15) is 8.78 Å². The minimum atomic E-state index is -0.582. The second-order valence-electron chi connectivity index (χ2n) is 4.58. The summed E-state index contributed by atoms with van der Waals surface area (Å²) < 4.78 is 27.2. The van der Waals surface area contributed by atoms with Crippen molar-refractivity contribution >= 4 is 28.2 Å². The molecule has 0 fully saturated rings. The quantitative estimate of drug-likeness (QED) is 0.753. The predicted octanol–water partition coefficient (Wildman–Crippen LogP) is 4.78. The Labute approximate surface area is 125 Å². The molecule has 106 valence electrons. The number of pyridine rings is 1. The Morgan fingerprint density at radius 3 is 2.57 bits per heavy atom. The lowest BCUT2D eigenvalue weighted by Gasteiger charge is -2.11. The molecule has 1 aromatic heterocycles. The van der Waals surface area contributed by atoms with Crippen LogP contribution in [-0.4, -0.2) is 4.98 Å². The number of hydrogen-bond acceptors (Lipinski definition) is 2. The first-order valence-corrected chi connectivity index (χ1v) is 6.74. The molecule has 0 bridgehead atoms. The van der Waals surface area contributed by atoms with Gasteiger partial charge in [0.15, 0.2) is 0 Å². The first-order chi connectivity index (χ1) is 10.1. The Morgan fingerprint density at radius 1 is 1.05 bits per heavy atom. The van der Waals surface area contributed by atoms with Gasteiger partial charge in [-0.25, -0.2) is 8.78 Å². The fraction of sp³-hybridized carbons (Fsp3) is 0.0625. The number of nitrogens with one attached hydrogen (secondary N) is 1. The maximum atomic E-state index is 13.6. The van der Waals surface area contributed by atoms with Crippen LogP contribution < -0.4 is 5.32 Å². The van der Waals surface area contributed by atoms with Crippen molar-refractivity contribution < 1.29 is 8.78 Å². The van der Waals surface area contributed by atoms with Gasteiger partial charge in [0, 0.05) is 28.7 Å². The van der Waals surface area contributed by atoms with E-state index in [1.807, 2.05) is 6.07 Å². The lowest BCUT2D eigenvalue weighted by Crippen LogP contribution is -2.05. The van der Waals surface area contributed by atoms with Crippen molar-refractivity contribution in [2.24, 2.45) is 0 Å². The molecule has 0 aliphatic heterocycles. The van der Waals surface area contributed by atoms with Gasteiger partial charge in [-0.3, -0.25) is 4.98 Å². The zero-order valence-electron chi connectivity index (χ0n) is 10.9. The molecular formula is C16H11ClF2N2. The third kappa shape index (κ3) is 2.81. The number of anilines is 1. The molecule has 0 aliphatic rings. The first-order valence-electron chi connectivity index (χ1n) is 6.36. The number of halogens is 3. The highest BCUT2D eigenvalue weighted by atomic mass is 35.5. The molecular weight excluding hydrogens is 294 g/mol. The molecule has 0 spiro atoms. The van der Waals surface area contributed by atoms with Gasteiger partial charge in [-0.05, 0) is 30.3 Å². The van der Waals surface area contributed by atoms with Crippen LogP contribution in [0.3, 0.4) is 0 Å². The molecule has 2 aromatic carbocycles. The van der Waals surface area contributed by atoms with Crippen LogP contribution >= 0.6 is 11.6 Å². The van der Waals surface area contributed by atoms with Gasteiger partial charge in [0.05, 0.1) is 11.2 Å². The Balaban J connectivity index is 1.95. The molecule has 0 aliphatic carbocycles. The van der Waals surface area contributed by atoms with Gasteiger partial charge >= 0.3 is 0 Å². The van der Waals surface area contributed by atoms with E-state index in [-0.39, 0.29) is 12.1 Å². The molecule has 2 nitrogen and oxygen atoms in total. The van der Waals surface area contributed by atoms with Crippen LogP contribution in [0.25, 0.3) is 10.9 Å². The number of hydrogen-bond donors (Lipinski definition) is 1. The van der Waals surface area contributed by atoms with E-state index in [0.29, 0.717) is 16.2 Å². The van der Waals surface area contributed by atoms with Gasteiger partial charge in [0.2, 0.25) is 0 Å². The third-order valence-electron chi connectivity index (χ3n) is 3.19. The van der Waals surface area contributed by atoms with Crippen LogP contribution in [0.4, 0.5) is 14.5 Å². The van der Waals surface area contributed by atoms with Crippen molar-refractivity contribution in [3.63, 3.8) is 0 Å². The lowest BCUT2D eigenvalue weighted by molar-refractivity contribution is 0.560. The Bertz CT molecular complexity index is 785. The highest BCUT2D eigenvalue weighted by molar-refractivity contribution is 6.31. The second kappa shape index (κ2) is 5.66. The summed E-state index contributed by atoms with van der Waals surface area (Å²) in [6.07, 6.45) is 1.66. The van der Waals surface area contributed by atoms with Crippen molar-refractivity contribution in [2.75, 3.05) is 5.32 Å². The van der Waals surface area contributed by atoms with E-state index in [1.165, 1.54) is 18.2 Å². The highest BCUT2D eigenvalue weighted by Gasteiger charge is 2.10. The molecule has 3 rings (SSSR count). The summed E-state index contributed by atoms with van der Waals surface area (Å²) >= 11 is 6.05. The summed E-state index contributed by atoms with van der Waals surface area (Å²) in [6.45, 7) is 0.0184. The minimum Gasteiger partial charge on any atom is -0.379 e. The smallest absolute Gasteiger partial charge is 0.131 e. The predicted molar refractivity (Wildman–Crippen MR) is 80.4 cm³/mol. The fourth-order valence-electron chi connectivity index (χ4n) is 2.18. The van der Waals surface area contributed by atoms with Crippen LogP contribution in [0.1, 0.15) is 5.56 Å². The summed E-state index contributed by atoms with van der Waals surface area (Å²) in [5.74, 6) is -1.16. The van der Waals surface area contributed by atoms with Crippen LogP contribution in [0.15, 0.2) is 48.7 Å². The normalized spacial score (nSPS) is 10.8. The Morgan fingerprint density at radius 2 is 1.81 bits per heavy atom. The van der Waals surface area contributed by atoms with Crippen LogP contribution in [0.5, 0.6) is 0 Å². The second-order valence-corrected chi connectivity index (χ2v) is 5.02. The van der Waals surface area contributed by atoms with E-state index >= 15 is 0 Å². The van der Waals surface area contributed by atoms with E-state index < -0.39 is 11.6 Å². The van der Waals surface area contributed by atoms with Crippen molar-refractivity contribution in [3.8, 4) is 0 Å². The number of rotatable bonds is 3. The van der Waals surface area contributed by atoms with Crippen LogP contribution in [0, 0.1) is 11.6 Å². The van der Waals surface area contributed by atoms with Gasteiger partial charge in [-0.15, -0.1) is 0 Å². The number of fused-ring (bicyclic) bond motifs is 1. The molecule has 3 aromatic rings. The molecule has 0 saturated heterocycles. The van der Waals surface area contributed by atoms with E-state index in [4.69, 9.17) is 11.6 Å². The van der Waals surface area contributed by atoms with Crippen molar-refractivity contribution in [1.29, 1.82) is 0 Å². The average Bonchev–Trinajstić information content (AvgIpc) is 2.46. The Kier molecular flexibility index (Phi) is 3.71. The summed E-state index contributed by atoms with van der Waals surface area (Å²) in [5.41, 5.74) is 1.33. The largest absolute Gasteiger partial charge is 0.379 e. The lowest BCUT2D eigenvalue weighted by atomic mass is 10.1. The fourth-order valence-corrected chi connectivity index (χ4v) is 2.40. The molecule has 1 N–H and O–H groups in total. The van der Waals surface area contributed by atoms with Gasteiger partial charge in [-0.2, -0.15) is 0 Å². The minimum absolute atomic E-state index is 0.0124. The monoisotopic (exact) mass is 304 g/mol. The SMILES string of the molecule is Fc1cccc(F)c1CNc1cc(Cl)cc2cccnc12. The van der Waals surface area contributed by atoms with E-state index in [2.05, 4.69) is 10.3 Å². The van der Waals surface area contributed by atoms with Gasteiger partial charge < -0.3 is 5.32 Å². The number of nitrogens with zero attached hydrogens (tertiary/aromatic N) is 1. The van der Waals surface area contributed by atoms with Crippen LogP contribution in [-0.2, 0) is 6.54 Å². The maximum absolute atomic E-state index is 13.6. The molecule has 0 saturated carbocycles. The highest BCUT2D eigenvalue weighted by Crippen LogP contribution is 2.27. The van der Waals surface area contributed by atoms with Crippen molar-refractivity contribution in [3.05, 3.63) is 70.9 Å². The molecule has 0 atom stereocenters. The van der Waals surface area contributed by atoms with E-state index in [1.54, 1.807) is 24.4 Å². The zero-order valence-corrected chi connectivity index (χ0v) is 11.7. The van der Waals surface area contributed by atoms with Gasteiger partial charge in [-0.1, -0.05) is 23.7 Å².